The molecule has 0 spiro atoms. The van der Waals surface area contributed by atoms with Crippen molar-refractivity contribution in [3.05, 3.63) is 70.1 Å². The van der Waals surface area contributed by atoms with E-state index in [1.165, 1.54) is 0 Å². The molecule has 0 radical (unpaired) electrons. The molecule has 1 saturated heterocycles. The Hall–Kier alpha value is -2.64. The number of ether oxygens (including phenoxy) is 2. The quantitative estimate of drug-likeness (QED) is 0.382. The summed E-state index contributed by atoms with van der Waals surface area (Å²) in [6.07, 6.45) is 3.98. The van der Waals surface area contributed by atoms with Crippen molar-refractivity contribution < 1.29 is 9.47 Å². The average Bonchev–Trinajstić information content (AvgIpc) is 3.26. The summed E-state index contributed by atoms with van der Waals surface area (Å²) in [6, 6.07) is 13.4. The first-order valence-electron chi connectivity index (χ1n) is 10.1. The van der Waals surface area contributed by atoms with E-state index >= 15 is 0 Å². The molecule has 29 heavy (non-hydrogen) atoms. The lowest BCUT2D eigenvalue weighted by molar-refractivity contribution is 0.0420. The Balaban J connectivity index is 1.36. The summed E-state index contributed by atoms with van der Waals surface area (Å²) in [4.78, 5) is 16.1. The zero-order chi connectivity index (χ0) is 20.3. The van der Waals surface area contributed by atoms with Gasteiger partial charge in [-0.3, -0.25) is 9.79 Å². The predicted octanol–water partition coefficient (Wildman–Crippen LogP) is 1.76. The monoisotopic (exact) mass is 398 g/mol. The van der Waals surface area contributed by atoms with Gasteiger partial charge in [-0.1, -0.05) is 30.3 Å². The fourth-order valence-electron chi connectivity index (χ4n) is 3.13. The Morgan fingerprint density at radius 3 is 2.76 bits per heavy atom. The van der Waals surface area contributed by atoms with Crippen LogP contribution in [0.5, 0.6) is 0 Å². The van der Waals surface area contributed by atoms with Gasteiger partial charge in [-0.25, -0.2) is 0 Å². The minimum atomic E-state index is 0.00934. The fourth-order valence-corrected chi connectivity index (χ4v) is 3.13. The Kier molecular flexibility index (Phi) is 8.27. The molecule has 7 heteroatoms. The van der Waals surface area contributed by atoms with Crippen LogP contribution in [0, 0.1) is 0 Å². The van der Waals surface area contributed by atoms with Crippen molar-refractivity contribution in [2.45, 2.75) is 32.0 Å². The highest BCUT2D eigenvalue weighted by molar-refractivity contribution is 5.79. The predicted molar refractivity (Wildman–Crippen MR) is 114 cm³/mol. The molecule has 1 atom stereocenters. The molecule has 1 aromatic carbocycles. The number of nitrogens with one attached hydrogen (secondary N) is 2. The molecular formula is C22H30N4O3. The van der Waals surface area contributed by atoms with Crippen LogP contribution < -0.4 is 16.2 Å². The number of guanidine groups is 1. The number of aromatic nitrogens is 1. The van der Waals surface area contributed by atoms with Gasteiger partial charge in [0, 0.05) is 45.6 Å². The van der Waals surface area contributed by atoms with Gasteiger partial charge in [-0.2, -0.15) is 0 Å². The maximum atomic E-state index is 11.8. The molecule has 7 nitrogen and oxygen atoms in total. The lowest BCUT2D eigenvalue weighted by atomic mass is 10.1. The summed E-state index contributed by atoms with van der Waals surface area (Å²) in [6.45, 7) is 4.32. The van der Waals surface area contributed by atoms with E-state index in [9.17, 15) is 4.79 Å². The van der Waals surface area contributed by atoms with Crippen LogP contribution >= 0.6 is 0 Å². The molecule has 3 rings (SSSR count). The number of rotatable bonds is 9. The Morgan fingerprint density at radius 1 is 1.21 bits per heavy atom. The number of nitrogens with zero attached hydrogens (tertiary/aromatic N) is 2. The lowest BCUT2D eigenvalue weighted by Gasteiger charge is -2.13. The van der Waals surface area contributed by atoms with Gasteiger partial charge in [-0.15, -0.1) is 0 Å². The molecule has 0 bridgehead atoms. The van der Waals surface area contributed by atoms with Gasteiger partial charge in [0.05, 0.1) is 19.3 Å². The topological polar surface area (TPSA) is 76.9 Å². The summed E-state index contributed by atoms with van der Waals surface area (Å²) in [5.74, 6) is 0.772. The maximum Gasteiger partial charge on any atom is 0.250 e. The van der Waals surface area contributed by atoms with Crippen molar-refractivity contribution >= 4 is 5.96 Å². The van der Waals surface area contributed by atoms with Crippen LogP contribution in [0.1, 0.15) is 24.0 Å². The lowest BCUT2D eigenvalue weighted by Crippen LogP contribution is -2.37. The third kappa shape index (κ3) is 7.03. The average molecular weight is 399 g/mol. The first-order chi connectivity index (χ1) is 14.2. The molecule has 1 aromatic heterocycles. The molecule has 0 amide bonds. The number of benzene rings is 1. The van der Waals surface area contributed by atoms with Gasteiger partial charge < -0.3 is 24.7 Å². The Bertz CT molecular complexity index is 826. The highest BCUT2D eigenvalue weighted by atomic mass is 16.5. The largest absolute Gasteiger partial charge is 0.379 e. The Labute approximate surface area is 171 Å². The number of pyridine rings is 1. The van der Waals surface area contributed by atoms with Gasteiger partial charge in [0.25, 0.3) is 5.56 Å². The van der Waals surface area contributed by atoms with Gasteiger partial charge in [0.2, 0.25) is 0 Å². The van der Waals surface area contributed by atoms with Crippen molar-refractivity contribution in [1.82, 2.24) is 15.2 Å². The zero-order valence-electron chi connectivity index (χ0n) is 17.0. The van der Waals surface area contributed by atoms with Gasteiger partial charge >= 0.3 is 0 Å². The molecular weight excluding hydrogens is 368 g/mol. The van der Waals surface area contributed by atoms with Crippen LogP contribution in [-0.4, -0.2) is 50.0 Å². The van der Waals surface area contributed by atoms with Crippen LogP contribution in [0.4, 0.5) is 0 Å². The number of hydrogen-bond acceptors (Lipinski definition) is 4. The highest BCUT2D eigenvalue weighted by Crippen LogP contribution is 2.08. The third-order valence-corrected chi connectivity index (χ3v) is 4.81. The maximum absolute atomic E-state index is 11.8. The van der Waals surface area contributed by atoms with Crippen molar-refractivity contribution in [3.63, 3.8) is 0 Å². The molecule has 2 heterocycles. The summed E-state index contributed by atoms with van der Waals surface area (Å²) in [5, 5.41) is 6.62. The minimum Gasteiger partial charge on any atom is -0.379 e. The second-order valence-corrected chi connectivity index (χ2v) is 7.05. The fraction of sp³-hybridized carbons (Fsp3) is 0.455. The second-order valence-electron chi connectivity index (χ2n) is 7.05. The van der Waals surface area contributed by atoms with Crippen LogP contribution in [-0.2, 0) is 22.6 Å². The standard InChI is InChI=1S/C22H30N4O3/c1-23-22(24-11-4-13-29-20-10-14-28-17-20)25-15-18-6-8-19(9-7-18)16-26-12-3-2-5-21(26)27/h2-3,5-9,12,20H,4,10-11,13-17H2,1H3,(H2,23,24,25). The van der Waals surface area contributed by atoms with E-state index in [2.05, 4.69) is 39.9 Å². The SMILES string of the molecule is CN=C(NCCCOC1CCOC1)NCc1ccc(Cn2ccccc2=O)cc1. The van der Waals surface area contributed by atoms with E-state index in [0.29, 0.717) is 13.1 Å². The van der Waals surface area contributed by atoms with Crippen LogP contribution in [0.3, 0.4) is 0 Å². The molecule has 2 aromatic rings. The highest BCUT2D eigenvalue weighted by Gasteiger charge is 2.15. The number of aliphatic imine (C=N–C) groups is 1. The molecule has 1 aliphatic heterocycles. The second kappa shape index (κ2) is 11.4. The third-order valence-electron chi connectivity index (χ3n) is 4.81. The summed E-state index contributed by atoms with van der Waals surface area (Å²) < 4.78 is 12.8. The van der Waals surface area contributed by atoms with Crippen LogP contribution in [0.25, 0.3) is 0 Å². The minimum absolute atomic E-state index is 0.00934. The van der Waals surface area contributed by atoms with Gasteiger partial charge in [0.1, 0.15) is 0 Å². The van der Waals surface area contributed by atoms with E-state index < -0.39 is 0 Å². The molecule has 1 aliphatic rings. The van der Waals surface area contributed by atoms with Crippen molar-refractivity contribution in [2.75, 3.05) is 33.4 Å². The van der Waals surface area contributed by atoms with Gasteiger partial charge in [0.15, 0.2) is 5.96 Å². The summed E-state index contributed by atoms with van der Waals surface area (Å²) >= 11 is 0. The molecule has 1 fully saturated rings. The summed E-state index contributed by atoms with van der Waals surface area (Å²) in [5.41, 5.74) is 2.26. The van der Waals surface area contributed by atoms with E-state index in [4.69, 9.17) is 9.47 Å². The van der Waals surface area contributed by atoms with Crippen molar-refractivity contribution in [3.8, 4) is 0 Å². The molecule has 0 aliphatic carbocycles. The molecule has 1 unspecified atom stereocenters. The first kappa shape index (κ1) is 21.1. The zero-order valence-corrected chi connectivity index (χ0v) is 17.0. The van der Waals surface area contributed by atoms with Crippen LogP contribution in [0.15, 0.2) is 58.4 Å². The van der Waals surface area contributed by atoms with Crippen LogP contribution in [0.2, 0.25) is 0 Å². The number of hydrogen-bond donors (Lipinski definition) is 2. The van der Waals surface area contributed by atoms with Gasteiger partial charge in [-0.05, 0) is 30.0 Å². The van der Waals surface area contributed by atoms with E-state index in [0.717, 1.165) is 56.3 Å². The normalized spacial score (nSPS) is 16.7. The first-order valence-corrected chi connectivity index (χ1v) is 10.1. The van der Waals surface area contributed by atoms with Crippen molar-refractivity contribution in [2.24, 2.45) is 4.99 Å². The van der Waals surface area contributed by atoms with E-state index in [-0.39, 0.29) is 11.7 Å². The van der Waals surface area contributed by atoms with E-state index in [1.54, 1.807) is 29.9 Å². The summed E-state index contributed by atoms with van der Waals surface area (Å²) in [7, 11) is 1.77. The molecule has 2 N–H and O–H groups in total. The molecule has 156 valence electrons. The van der Waals surface area contributed by atoms with Crippen molar-refractivity contribution in [1.29, 1.82) is 0 Å². The molecule has 0 saturated carbocycles. The smallest absolute Gasteiger partial charge is 0.250 e. The Morgan fingerprint density at radius 2 is 2.03 bits per heavy atom. The van der Waals surface area contributed by atoms with E-state index in [1.807, 2.05) is 6.07 Å².